The van der Waals surface area contributed by atoms with Gasteiger partial charge in [0, 0.05) is 17.3 Å². The molecule has 0 bridgehead atoms. The summed E-state index contributed by atoms with van der Waals surface area (Å²) in [6.07, 6.45) is 0. The molecule has 0 fully saturated rings. The van der Waals surface area contributed by atoms with E-state index in [-0.39, 0.29) is 18.1 Å². The highest BCUT2D eigenvalue weighted by Crippen LogP contribution is 2.29. The zero-order chi connectivity index (χ0) is 20.0. The third kappa shape index (κ3) is 5.07. The van der Waals surface area contributed by atoms with Gasteiger partial charge in [0.1, 0.15) is 11.6 Å². The van der Waals surface area contributed by atoms with Gasteiger partial charge in [0.25, 0.3) is 0 Å². The normalized spacial score (nSPS) is 12.8. The van der Waals surface area contributed by atoms with Crippen LogP contribution in [0.25, 0.3) is 0 Å². The Morgan fingerprint density at radius 2 is 1.74 bits per heavy atom. The van der Waals surface area contributed by atoms with E-state index >= 15 is 0 Å². The fourth-order valence-corrected chi connectivity index (χ4v) is 2.63. The summed E-state index contributed by atoms with van der Waals surface area (Å²) in [4.78, 5) is 5.92. The molecule has 0 aliphatic heterocycles. The van der Waals surface area contributed by atoms with Gasteiger partial charge in [0.05, 0.1) is 26.8 Å². The Balaban J connectivity index is 2.17. The number of nitrogens with one attached hydrogen (secondary N) is 1. The predicted octanol–water partition coefficient (Wildman–Crippen LogP) is 3.01. The number of halogens is 2. The number of nitrogens with two attached hydrogens (primary N) is 1. The number of guanidine groups is 1. The van der Waals surface area contributed by atoms with Crippen molar-refractivity contribution < 1.29 is 18.3 Å². The lowest BCUT2D eigenvalue weighted by Crippen LogP contribution is -2.28. The number of hydrogen-bond donors (Lipinski definition) is 2. The van der Waals surface area contributed by atoms with Crippen molar-refractivity contribution in [3.63, 3.8) is 0 Å². The molecule has 0 amide bonds. The number of benzene rings is 2. The largest absolute Gasteiger partial charge is 0.493 e. The van der Waals surface area contributed by atoms with Gasteiger partial charge in [0.15, 0.2) is 17.5 Å². The molecular weight excluding hydrogens is 354 g/mol. The molecule has 0 spiro atoms. The highest BCUT2D eigenvalue weighted by atomic mass is 19.1. The molecule has 0 heterocycles. The highest BCUT2D eigenvalue weighted by Gasteiger charge is 2.22. The number of likely N-dealkylation sites (N-methyl/N-ethyl adjacent to an activating group) is 1. The van der Waals surface area contributed by atoms with Crippen molar-refractivity contribution in [3.8, 4) is 11.5 Å². The first-order valence-corrected chi connectivity index (χ1v) is 8.26. The maximum atomic E-state index is 14.1. The molecular formula is C19H24F2N4O2. The number of rotatable bonds is 7. The van der Waals surface area contributed by atoms with Crippen LogP contribution in [0, 0.1) is 11.6 Å². The molecule has 2 aromatic rings. The molecule has 1 atom stereocenters. The molecule has 0 saturated heterocycles. The van der Waals surface area contributed by atoms with Crippen LogP contribution in [0.5, 0.6) is 11.5 Å². The standard InChI is InChI=1S/C19H24F2N4O2/c1-25(2)15(18-13(20)6-5-7-14(18)21)11-23-19(22)24-12-8-9-16(26-3)17(10-12)27-4/h5-10,15H,11H2,1-4H3,(H3,22,23,24). The summed E-state index contributed by atoms with van der Waals surface area (Å²) >= 11 is 0. The summed E-state index contributed by atoms with van der Waals surface area (Å²) in [5, 5.41) is 2.93. The second-order valence-corrected chi connectivity index (χ2v) is 6.04. The molecule has 146 valence electrons. The molecule has 8 heteroatoms. The third-order valence-corrected chi connectivity index (χ3v) is 4.05. The van der Waals surface area contributed by atoms with Crippen molar-refractivity contribution in [3.05, 3.63) is 53.6 Å². The van der Waals surface area contributed by atoms with E-state index in [0.717, 1.165) is 0 Å². The Labute approximate surface area is 157 Å². The van der Waals surface area contributed by atoms with Gasteiger partial charge in [-0.1, -0.05) is 6.07 Å². The molecule has 2 aromatic carbocycles. The number of ether oxygens (including phenoxy) is 2. The second-order valence-electron chi connectivity index (χ2n) is 6.04. The van der Waals surface area contributed by atoms with Gasteiger partial charge in [-0.3, -0.25) is 4.99 Å². The van der Waals surface area contributed by atoms with Gasteiger partial charge in [-0.15, -0.1) is 0 Å². The molecule has 2 rings (SSSR count). The fraction of sp³-hybridized carbons (Fsp3) is 0.316. The van der Waals surface area contributed by atoms with E-state index in [1.807, 2.05) is 0 Å². The number of aliphatic imine (C=N–C) groups is 1. The van der Waals surface area contributed by atoms with Crippen molar-refractivity contribution in [2.24, 2.45) is 10.7 Å². The van der Waals surface area contributed by atoms with Crippen molar-refractivity contribution in [1.82, 2.24) is 4.90 Å². The van der Waals surface area contributed by atoms with Crippen molar-refractivity contribution in [2.45, 2.75) is 6.04 Å². The second kappa shape index (κ2) is 9.18. The first kappa shape index (κ1) is 20.4. The van der Waals surface area contributed by atoms with E-state index < -0.39 is 17.7 Å². The molecule has 0 radical (unpaired) electrons. The van der Waals surface area contributed by atoms with Crippen molar-refractivity contribution in [1.29, 1.82) is 0 Å². The van der Waals surface area contributed by atoms with Crippen LogP contribution in [0.1, 0.15) is 11.6 Å². The van der Waals surface area contributed by atoms with Gasteiger partial charge in [-0.2, -0.15) is 0 Å². The first-order valence-electron chi connectivity index (χ1n) is 8.26. The smallest absolute Gasteiger partial charge is 0.193 e. The molecule has 3 N–H and O–H groups in total. The van der Waals surface area contributed by atoms with Gasteiger partial charge in [0.2, 0.25) is 0 Å². The lowest BCUT2D eigenvalue weighted by Gasteiger charge is -2.24. The van der Waals surface area contributed by atoms with Gasteiger partial charge < -0.3 is 25.4 Å². The van der Waals surface area contributed by atoms with Gasteiger partial charge in [-0.05, 0) is 38.4 Å². The average Bonchev–Trinajstić information content (AvgIpc) is 2.63. The van der Waals surface area contributed by atoms with E-state index in [0.29, 0.717) is 17.2 Å². The number of nitrogens with zero attached hydrogens (tertiary/aromatic N) is 2. The number of anilines is 1. The molecule has 0 saturated carbocycles. The van der Waals surface area contributed by atoms with Crippen molar-refractivity contribution in [2.75, 3.05) is 40.2 Å². The SMILES string of the molecule is COc1ccc(NC(N)=NCC(c2c(F)cccc2F)N(C)C)cc1OC. The Kier molecular flexibility index (Phi) is 6.95. The lowest BCUT2D eigenvalue weighted by atomic mass is 10.0. The van der Waals surface area contributed by atoms with E-state index in [1.165, 1.54) is 25.3 Å². The van der Waals surface area contributed by atoms with Crippen LogP contribution < -0.4 is 20.5 Å². The van der Waals surface area contributed by atoms with E-state index in [1.54, 1.807) is 44.3 Å². The van der Waals surface area contributed by atoms with Crippen LogP contribution in [-0.2, 0) is 0 Å². The molecule has 0 aliphatic rings. The fourth-order valence-electron chi connectivity index (χ4n) is 2.63. The quantitative estimate of drug-likeness (QED) is 0.572. The van der Waals surface area contributed by atoms with Crippen LogP contribution in [0.2, 0.25) is 0 Å². The molecule has 27 heavy (non-hydrogen) atoms. The zero-order valence-corrected chi connectivity index (χ0v) is 15.8. The molecule has 1 unspecified atom stereocenters. The van der Waals surface area contributed by atoms with Gasteiger partial charge >= 0.3 is 0 Å². The van der Waals surface area contributed by atoms with Gasteiger partial charge in [-0.25, -0.2) is 8.78 Å². The predicted molar refractivity (Wildman–Crippen MR) is 102 cm³/mol. The van der Waals surface area contributed by atoms with E-state index in [4.69, 9.17) is 15.2 Å². The average molecular weight is 378 g/mol. The molecule has 6 nitrogen and oxygen atoms in total. The molecule has 0 aliphatic carbocycles. The Hall–Kier alpha value is -2.87. The number of methoxy groups -OCH3 is 2. The minimum atomic E-state index is -0.615. The van der Waals surface area contributed by atoms with E-state index in [9.17, 15) is 8.78 Å². The summed E-state index contributed by atoms with van der Waals surface area (Å²) in [5.41, 5.74) is 6.54. The van der Waals surface area contributed by atoms with Crippen LogP contribution in [-0.4, -0.2) is 45.7 Å². The number of hydrogen-bond acceptors (Lipinski definition) is 4. The van der Waals surface area contributed by atoms with Crippen molar-refractivity contribution >= 4 is 11.6 Å². The Morgan fingerprint density at radius 1 is 1.11 bits per heavy atom. The Morgan fingerprint density at radius 3 is 2.30 bits per heavy atom. The summed E-state index contributed by atoms with van der Waals surface area (Å²) in [6.45, 7) is 0.0803. The minimum absolute atomic E-state index is 0.0369. The van der Waals surface area contributed by atoms with Crippen LogP contribution in [0.3, 0.4) is 0 Å². The maximum Gasteiger partial charge on any atom is 0.193 e. The lowest BCUT2D eigenvalue weighted by molar-refractivity contribution is 0.290. The van der Waals surface area contributed by atoms with E-state index in [2.05, 4.69) is 10.3 Å². The maximum absolute atomic E-state index is 14.1. The summed E-state index contributed by atoms with van der Waals surface area (Å²) in [7, 11) is 6.53. The van der Waals surface area contributed by atoms with Crippen LogP contribution in [0.4, 0.5) is 14.5 Å². The zero-order valence-electron chi connectivity index (χ0n) is 15.8. The minimum Gasteiger partial charge on any atom is -0.493 e. The topological polar surface area (TPSA) is 72.1 Å². The summed E-state index contributed by atoms with van der Waals surface area (Å²) in [6, 6.07) is 8.37. The highest BCUT2D eigenvalue weighted by molar-refractivity contribution is 5.92. The Bertz CT molecular complexity index is 792. The summed E-state index contributed by atoms with van der Waals surface area (Å²) < 4.78 is 38.6. The molecule has 0 aromatic heterocycles. The first-order chi connectivity index (χ1) is 12.9. The summed E-state index contributed by atoms with van der Waals surface area (Å²) in [5.74, 6) is 0.00705. The monoisotopic (exact) mass is 378 g/mol. The van der Waals surface area contributed by atoms with Crippen LogP contribution >= 0.6 is 0 Å². The van der Waals surface area contributed by atoms with Crippen LogP contribution in [0.15, 0.2) is 41.4 Å². The third-order valence-electron chi connectivity index (χ3n) is 4.05.